The minimum Gasteiger partial charge on any atom is -0.396 e. The average molecular weight is 252 g/mol. The van der Waals surface area contributed by atoms with Gasteiger partial charge in [-0.05, 0) is 60.9 Å². The van der Waals surface area contributed by atoms with E-state index < -0.39 is 0 Å². The second kappa shape index (κ2) is 15.9. The molecule has 0 saturated carbocycles. The zero-order valence-electron chi connectivity index (χ0n) is 11.3. The van der Waals surface area contributed by atoms with E-state index in [1.165, 1.54) is 25.7 Å². The molecule has 0 aromatic rings. The van der Waals surface area contributed by atoms with Gasteiger partial charge in [0.2, 0.25) is 0 Å². The van der Waals surface area contributed by atoms with E-state index in [1.807, 2.05) is 6.08 Å². The molecule has 0 unspecified atom stereocenters. The van der Waals surface area contributed by atoms with E-state index in [9.17, 15) is 0 Å². The van der Waals surface area contributed by atoms with Crippen LogP contribution in [0.25, 0.3) is 0 Å². The van der Waals surface area contributed by atoms with Crippen molar-refractivity contribution >= 4 is 0 Å². The molecule has 0 radical (unpaired) electrons. The first-order valence-electron chi connectivity index (χ1n) is 6.64. The molecule has 19 heavy (non-hydrogen) atoms. The molecule has 0 aromatic heterocycles. The summed E-state index contributed by atoms with van der Waals surface area (Å²) >= 11 is 0. The number of terminal acetylenes is 1. The van der Waals surface area contributed by atoms with Gasteiger partial charge in [0.15, 0.2) is 0 Å². The summed E-state index contributed by atoms with van der Waals surface area (Å²) < 4.78 is 0. The largest absolute Gasteiger partial charge is 0.396 e. The molecule has 0 amide bonds. The molecule has 1 N–H and O–H groups in total. The molecule has 0 aromatic carbocycles. The monoisotopic (exact) mass is 252 g/mol. The van der Waals surface area contributed by atoms with Crippen LogP contribution in [0.5, 0.6) is 0 Å². The van der Waals surface area contributed by atoms with Crippen molar-refractivity contribution in [1.29, 1.82) is 0 Å². The van der Waals surface area contributed by atoms with E-state index in [4.69, 9.17) is 11.5 Å². The Morgan fingerprint density at radius 3 is 2.16 bits per heavy atom. The Morgan fingerprint density at radius 1 is 0.789 bits per heavy atom. The van der Waals surface area contributed by atoms with Crippen molar-refractivity contribution in [3.05, 3.63) is 12.2 Å². The summed E-state index contributed by atoms with van der Waals surface area (Å²) in [4.78, 5) is 0. The lowest BCUT2D eigenvalue weighted by molar-refractivity contribution is 0.282. The van der Waals surface area contributed by atoms with E-state index in [-0.39, 0.29) is 0 Å². The summed E-state index contributed by atoms with van der Waals surface area (Å²) in [6, 6.07) is 0. The van der Waals surface area contributed by atoms with E-state index in [2.05, 4.69) is 47.5 Å². The molecule has 0 saturated heterocycles. The van der Waals surface area contributed by atoms with Crippen molar-refractivity contribution in [2.75, 3.05) is 6.61 Å². The Labute approximate surface area is 117 Å². The highest BCUT2D eigenvalue weighted by molar-refractivity contribution is 5.40. The maximum absolute atomic E-state index is 8.62. The van der Waals surface area contributed by atoms with Crippen molar-refractivity contribution in [2.24, 2.45) is 0 Å². The Kier molecular flexibility index (Phi) is 14.2. The third kappa shape index (κ3) is 15.9. The van der Waals surface area contributed by atoms with Gasteiger partial charge in [-0.3, -0.25) is 0 Å². The Bertz CT molecular complexity index is 458. The zero-order valence-corrected chi connectivity index (χ0v) is 11.3. The van der Waals surface area contributed by atoms with E-state index in [0.29, 0.717) is 6.61 Å². The van der Waals surface area contributed by atoms with Crippen molar-refractivity contribution in [1.82, 2.24) is 0 Å². The van der Waals surface area contributed by atoms with Gasteiger partial charge in [0, 0.05) is 6.61 Å². The highest BCUT2D eigenvalue weighted by Crippen LogP contribution is 2.06. The average Bonchev–Trinajstić information content (AvgIpc) is 2.43. The van der Waals surface area contributed by atoms with Gasteiger partial charge in [-0.15, -0.1) is 6.42 Å². The Morgan fingerprint density at radius 2 is 1.42 bits per heavy atom. The Hall–Kier alpha value is -2.06. The fourth-order valence-corrected chi connectivity index (χ4v) is 1.43. The SMILES string of the molecule is C#CC#CC#CC#CC=CCCCCCCCCO. The summed E-state index contributed by atoms with van der Waals surface area (Å²) in [6.45, 7) is 0.318. The molecule has 0 bridgehead atoms. The molecule has 0 heterocycles. The summed E-state index contributed by atoms with van der Waals surface area (Å²) in [6.07, 6.45) is 16.9. The molecule has 98 valence electrons. The molecular weight excluding hydrogens is 232 g/mol. The van der Waals surface area contributed by atoms with Gasteiger partial charge in [0.25, 0.3) is 0 Å². The second-order valence-electron chi connectivity index (χ2n) is 3.95. The number of unbranched alkanes of at least 4 members (excludes halogenated alkanes) is 6. The van der Waals surface area contributed by atoms with Crippen LogP contribution in [0.15, 0.2) is 12.2 Å². The molecule has 0 aliphatic carbocycles. The standard InChI is InChI=1S/C18H20O/c1-2-3-4-5-6-7-8-9-10-11-12-13-14-15-16-17-18-19/h1,9-10,19H,11-18H2. The smallest absolute Gasteiger partial charge is 0.0431 e. The van der Waals surface area contributed by atoms with E-state index in [1.54, 1.807) is 0 Å². The molecule has 1 nitrogen and oxygen atoms in total. The minimum atomic E-state index is 0.318. The number of aliphatic hydroxyl groups excluding tert-OH is 1. The van der Waals surface area contributed by atoms with Crippen LogP contribution < -0.4 is 0 Å². The number of rotatable bonds is 8. The zero-order chi connectivity index (χ0) is 14.0. The topological polar surface area (TPSA) is 20.2 Å². The number of allylic oxidation sites excluding steroid dienone is 2. The third-order valence-corrected chi connectivity index (χ3v) is 2.37. The summed E-state index contributed by atoms with van der Waals surface area (Å²) in [5.74, 6) is 17.7. The first-order valence-corrected chi connectivity index (χ1v) is 6.64. The van der Waals surface area contributed by atoms with Crippen LogP contribution in [0.3, 0.4) is 0 Å². The van der Waals surface area contributed by atoms with Crippen molar-refractivity contribution in [2.45, 2.75) is 44.9 Å². The summed E-state index contributed by atoms with van der Waals surface area (Å²) in [5, 5.41) is 8.62. The predicted molar refractivity (Wildman–Crippen MR) is 80.7 cm³/mol. The van der Waals surface area contributed by atoms with Crippen LogP contribution in [0.1, 0.15) is 44.9 Å². The molecule has 0 aliphatic rings. The Balaban J connectivity index is 3.46. The number of aliphatic hydroxyl groups is 1. The number of hydrogen-bond acceptors (Lipinski definition) is 1. The van der Waals surface area contributed by atoms with Crippen LogP contribution in [-0.2, 0) is 0 Å². The second-order valence-corrected chi connectivity index (χ2v) is 3.95. The molecule has 0 rings (SSSR count). The van der Waals surface area contributed by atoms with Gasteiger partial charge in [-0.2, -0.15) is 0 Å². The summed E-state index contributed by atoms with van der Waals surface area (Å²) in [5.41, 5.74) is 0. The molecule has 1 heteroatoms. The van der Waals surface area contributed by atoms with Crippen LogP contribution in [0.2, 0.25) is 0 Å². The molecule has 0 atom stereocenters. The van der Waals surface area contributed by atoms with Crippen molar-refractivity contribution in [3.8, 4) is 47.9 Å². The lowest BCUT2D eigenvalue weighted by Crippen LogP contribution is -1.83. The maximum atomic E-state index is 8.62. The van der Waals surface area contributed by atoms with Gasteiger partial charge in [-0.25, -0.2) is 0 Å². The quantitative estimate of drug-likeness (QED) is 0.520. The van der Waals surface area contributed by atoms with E-state index in [0.717, 1.165) is 19.3 Å². The van der Waals surface area contributed by atoms with Gasteiger partial charge in [-0.1, -0.05) is 37.7 Å². The first kappa shape index (κ1) is 16.9. The fraction of sp³-hybridized carbons (Fsp3) is 0.444. The van der Waals surface area contributed by atoms with Gasteiger partial charge in [0.05, 0.1) is 0 Å². The van der Waals surface area contributed by atoms with Gasteiger partial charge in [0.1, 0.15) is 0 Å². The highest BCUT2D eigenvalue weighted by atomic mass is 16.2. The van der Waals surface area contributed by atoms with E-state index >= 15 is 0 Å². The van der Waals surface area contributed by atoms with Crippen LogP contribution >= 0.6 is 0 Å². The van der Waals surface area contributed by atoms with Crippen LogP contribution in [0.4, 0.5) is 0 Å². The normalized spacial score (nSPS) is 8.42. The molecular formula is C18H20O. The lowest BCUT2D eigenvalue weighted by Gasteiger charge is -1.98. The highest BCUT2D eigenvalue weighted by Gasteiger charge is 1.89. The molecule has 0 fully saturated rings. The number of hydrogen-bond donors (Lipinski definition) is 1. The fourth-order valence-electron chi connectivity index (χ4n) is 1.43. The van der Waals surface area contributed by atoms with Crippen LogP contribution in [-0.4, -0.2) is 11.7 Å². The lowest BCUT2D eigenvalue weighted by atomic mass is 10.1. The van der Waals surface area contributed by atoms with Crippen molar-refractivity contribution < 1.29 is 5.11 Å². The maximum Gasteiger partial charge on any atom is 0.0431 e. The molecule has 0 spiro atoms. The molecule has 0 aliphatic heterocycles. The predicted octanol–water partition coefficient (Wildman–Crippen LogP) is 2.91. The minimum absolute atomic E-state index is 0.318. The van der Waals surface area contributed by atoms with Gasteiger partial charge < -0.3 is 5.11 Å². The van der Waals surface area contributed by atoms with Crippen molar-refractivity contribution in [3.63, 3.8) is 0 Å². The first-order chi connectivity index (χ1) is 9.41. The van der Waals surface area contributed by atoms with Gasteiger partial charge >= 0.3 is 0 Å². The van der Waals surface area contributed by atoms with Crippen LogP contribution in [0, 0.1) is 47.9 Å². The summed E-state index contributed by atoms with van der Waals surface area (Å²) in [7, 11) is 0. The third-order valence-electron chi connectivity index (χ3n) is 2.37.